The van der Waals surface area contributed by atoms with Crippen molar-refractivity contribution in [2.75, 3.05) is 5.32 Å². The number of carboxylic acids is 1. The third kappa shape index (κ3) is 4.90. The molecular formula is C17H16ClNO3. The number of anilines is 1. The number of carbonyl (C=O) groups is 2. The van der Waals surface area contributed by atoms with E-state index in [9.17, 15) is 9.59 Å². The van der Waals surface area contributed by atoms with Crippen LogP contribution < -0.4 is 5.32 Å². The zero-order chi connectivity index (χ0) is 15.9. The maximum absolute atomic E-state index is 12.3. The summed E-state index contributed by atoms with van der Waals surface area (Å²) in [6.45, 7) is 0. The van der Waals surface area contributed by atoms with Crippen LogP contribution in [0.4, 0.5) is 5.69 Å². The molecule has 0 aliphatic rings. The second kappa shape index (κ2) is 7.61. The molecule has 0 aromatic heterocycles. The van der Waals surface area contributed by atoms with Crippen molar-refractivity contribution >= 4 is 29.2 Å². The summed E-state index contributed by atoms with van der Waals surface area (Å²) in [6.07, 6.45) is 0.128. The predicted octanol–water partition coefficient (Wildman–Crippen LogP) is 3.61. The summed E-state index contributed by atoms with van der Waals surface area (Å²) in [5, 5.41) is 12.4. The van der Waals surface area contributed by atoms with Gasteiger partial charge in [0, 0.05) is 10.7 Å². The number of rotatable bonds is 6. The van der Waals surface area contributed by atoms with Crippen molar-refractivity contribution in [1.29, 1.82) is 0 Å². The highest BCUT2D eigenvalue weighted by Gasteiger charge is 2.22. The molecule has 0 saturated carbocycles. The molecule has 0 heterocycles. The average Bonchev–Trinajstić information content (AvgIpc) is 2.49. The van der Waals surface area contributed by atoms with Gasteiger partial charge < -0.3 is 10.4 Å². The first-order chi connectivity index (χ1) is 10.5. The Hall–Kier alpha value is -2.33. The van der Waals surface area contributed by atoms with Crippen LogP contribution in [0.25, 0.3) is 0 Å². The summed E-state index contributed by atoms with van der Waals surface area (Å²) in [7, 11) is 0. The molecule has 0 radical (unpaired) electrons. The van der Waals surface area contributed by atoms with Gasteiger partial charge in [-0.3, -0.25) is 9.59 Å². The van der Waals surface area contributed by atoms with Crippen molar-refractivity contribution in [1.82, 2.24) is 0 Å². The van der Waals surface area contributed by atoms with Crippen molar-refractivity contribution in [3.63, 3.8) is 0 Å². The minimum atomic E-state index is -0.998. The number of carboxylic acid groups (broad SMARTS) is 1. The molecule has 0 bridgehead atoms. The van der Waals surface area contributed by atoms with Crippen LogP contribution in [0, 0.1) is 5.92 Å². The fourth-order valence-corrected chi connectivity index (χ4v) is 2.27. The lowest BCUT2D eigenvalue weighted by molar-refractivity contribution is -0.140. The molecule has 0 aliphatic heterocycles. The van der Waals surface area contributed by atoms with Gasteiger partial charge in [0.25, 0.3) is 0 Å². The second-order valence-corrected chi connectivity index (χ2v) is 5.42. The van der Waals surface area contributed by atoms with Crippen molar-refractivity contribution in [3.8, 4) is 0 Å². The van der Waals surface area contributed by atoms with Crippen LogP contribution in [0.15, 0.2) is 54.6 Å². The second-order valence-electron chi connectivity index (χ2n) is 4.98. The first-order valence-corrected chi connectivity index (χ1v) is 7.24. The van der Waals surface area contributed by atoms with Crippen LogP contribution >= 0.6 is 11.6 Å². The van der Waals surface area contributed by atoms with Crippen LogP contribution in [-0.4, -0.2) is 17.0 Å². The zero-order valence-electron chi connectivity index (χ0n) is 11.8. The molecule has 2 aromatic carbocycles. The fraction of sp³-hybridized carbons (Fsp3) is 0.176. The Morgan fingerprint density at radius 2 is 1.68 bits per heavy atom. The van der Waals surface area contributed by atoms with Crippen molar-refractivity contribution < 1.29 is 14.7 Å². The van der Waals surface area contributed by atoms with E-state index in [2.05, 4.69) is 5.32 Å². The van der Waals surface area contributed by atoms with Crippen molar-refractivity contribution in [3.05, 3.63) is 65.2 Å². The number of aliphatic carboxylic acids is 1. The van der Waals surface area contributed by atoms with E-state index in [0.717, 1.165) is 5.56 Å². The van der Waals surface area contributed by atoms with E-state index in [1.54, 1.807) is 48.5 Å². The van der Waals surface area contributed by atoms with Crippen LogP contribution in [-0.2, 0) is 16.0 Å². The van der Waals surface area contributed by atoms with Gasteiger partial charge in [0.1, 0.15) is 0 Å². The quantitative estimate of drug-likeness (QED) is 0.855. The van der Waals surface area contributed by atoms with Crippen molar-refractivity contribution in [2.45, 2.75) is 12.8 Å². The topological polar surface area (TPSA) is 66.4 Å². The van der Waals surface area contributed by atoms with Gasteiger partial charge in [-0.05, 0) is 36.2 Å². The molecule has 1 atom stereocenters. The molecule has 2 rings (SSSR count). The van der Waals surface area contributed by atoms with Gasteiger partial charge in [-0.15, -0.1) is 0 Å². The van der Waals surface area contributed by atoms with Crippen LogP contribution in [0.2, 0.25) is 5.02 Å². The Kier molecular flexibility index (Phi) is 5.55. The van der Waals surface area contributed by atoms with Crippen LogP contribution in [0.1, 0.15) is 12.0 Å². The fourth-order valence-electron chi connectivity index (χ4n) is 2.14. The van der Waals surface area contributed by atoms with E-state index < -0.39 is 11.9 Å². The third-order valence-electron chi connectivity index (χ3n) is 3.23. The van der Waals surface area contributed by atoms with E-state index in [1.807, 2.05) is 6.07 Å². The van der Waals surface area contributed by atoms with Gasteiger partial charge in [-0.1, -0.05) is 41.9 Å². The Bertz CT molecular complexity index is 641. The van der Waals surface area contributed by atoms with E-state index in [-0.39, 0.29) is 12.3 Å². The molecule has 2 N–H and O–H groups in total. The molecule has 0 saturated heterocycles. The molecule has 1 unspecified atom stereocenters. The summed E-state index contributed by atoms with van der Waals surface area (Å²) < 4.78 is 0. The molecule has 0 fully saturated rings. The molecule has 22 heavy (non-hydrogen) atoms. The van der Waals surface area contributed by atoms with Gasteiger partial charge in [0.2, 0.25) is 5.91 Å². The van der Waals surface area contributed by atoms with Crippen molar-refractivity contribution in [2.24, 2.45) is 5.92 Å². The summed E-state index contributed by atoms with van der Waals surface area (Å²) in [5.74, 6) is -1.94. The standard InChI is InChI=1S/C17H16ClNO3/c18-14-8-6-12(7-9-14)10-13(11-16(20)21)17(22)19-15-4-2-1-3-5-15/h1-9,13H,10-11H2,(H,19,22)(H,20,21). The molecule has 2 aromatic rings. The summed E-state index contributed by atoms with van der Waals surface area (Å²) in [4.78, 5) is 23.3. The smallest absolute Gasteiger partial charge is 0.304 e. The molecule has 0 aliphatic carbocycles. The van der Waals surface area contributed by atoms with Gasteiger partial charge >= 0.3 is 5.97 Å². The Labute approximate surface area is 133 Å². The number of benzene rings is 2. The number of nitrogens with one attached hydrogen (secondary N) is 1. The van der Waals surface area contributed by atoms with E-state index in [1.165, 1.54) is 0 Å². The normalized spacial score (nSPS) is 11.7. The summed E-state index contributed by atoms with van der Waals surface area (Å²) in [6, 6.07) is 16.0. The molecule has 4 nitrogen and oxygen atoms in total. The number of hydrogen-bond acceptors (Lipinski definition) is 2. The molecule has 1 amide bonds. The lowest BCUT2D eigenvalue weighted by Crippen LogP contribution is -2.27. The lowest BCUT2D eigenvalue weighted by atomic mass is 9.95. The SMILES string of the molecule is O=C(O)CC(Cc1ccc(Cl)cc1)C(=O)Nc1ccccc1. The molecule has 114 valence electrons. The Morgan fingerprint density at radius 3 is 2.27 bits per heavy atom. The first kappa shape index (κ1) is 16.0. The minimum absolute atomic E-state index is 0.221. The van der Waals surface area contributed by atoms with E-state index >= 15 is 0 Å². The van der Waals surface area contributed by atoms with Gasteiger partial charge in [-0.25, -0.2) is 0 Å². The molecular weight excluding hydrogens is 302 g/mol. The first-order valence-electron chi connectivity index (χ1n) is 6.87. The van der Waals surface area contributed by atoms with Gasteiger partial charge in [0.05, 0.1) is 12.3 Å². The number of amides is 1. The summed E-state index contributed by atoms with van der Waals surface area (Å²) in [5.41, 5.74) is 1.53. The third-order valence-corrected chi connectivity index (χ3v) is 3.48. The number of hydrogen-bond donors (Lipinski definition) is 2. The minimum Gasteiger partial charge on any atom is -0.481 e. The highest BCUT2D eigenvalue weighted by molar-refractivity contribution is 6.30. The molecule has 5 heteroatoms. The number of carbonyl (C=O) groups excluding carboxylic acids is 1. The largest absolute Gasteiger partial charge is 0.481 e. The predicted molar refractivity (Wildman–Crippen MR) is 86.0 cm³/mol. The molecule has 0 spiro atoms. The highest BCUT2D eigenvalue weighted by atomic mass is 35.5. The Morgan fingerprint density at radius 1 is 1.05 bits per heavy atom. The Balaban J connectivity index is 2.09. The lowest BCUT2D eigenvalue weighted by Gasteiger charge is -2.15. The van der Waals surface area contributed by atoms with E-state index in [0.29, 0.717) is 17.1 Å². The monoisotopic (exact) mass is 317 g/mol. The van der Waals surface area contributed by atoms with E-state index in [4.69, 9.17) is 16.7 Å². The zero-order valence-corrected chi connectivity index (χ0v) is 12.6. The maximum Gasteiger partial charge on any atom is 0.304 e. The van der Waals surface area contributed by atoms with Gasteiger partial charge in [0.15, 0.2) is 0 Å². The number of halogens is 1. The van der Waals surface area contributed by atoms with Crippen LogP contribution in [0.5, 0.6) is 0 Å². The maximum atomic E-state index is 12.3. The highest BCUT2D eigenvalue weighted by Crippen LogP contribution is 2.18. The summed E-state index contributed by atoms with van der Waals surface area (Å²) >= 11 is 5.83. The average molecular weight is 318 g/mol. The van der Waals surface area contributed by atoms with Crippen LogP contribution in [0.3, 0.4) is 0 Å². The number of para-hydroxylation sites is 1. The van der Waals surface area contributed by atoms with Gasteiger partial charge in [-0.2, -0.15) is 0 Å².